The van der Waals surface area contributed by atoms with E-state index in [0.29, 0.717) is 5.88 Å². The van der Waals surface area contributed by atoms with E-state index >= 15 is 0 Å². The molecule has 0 unspecified atom stereocenters. The van der Waals surface area contributed by atoms with Crippen molar-refractivity contribution >= 4 is 5.69 Å². The van der Waals surface area contributed by atoms with Crippen molar-refractivity contribution in [3.63, 3.8) is 0 Å². The molecule has 1 rings (SSSR count). The van der Waals surface area contributed by atoms with Gasteiger partial charge in [0.05, 0.1) is 18.0 Å². The van der Waals surface area contributed by atoms with Gasteiger partial charge >= 0.3 is 0 Å². The Balaban J connectivity index is 2.11. The quantitative estimate of drug-likeness (QED) is 0.700. The second-order valence-corrected chi connectivity index (χ2v) is 4.44. The van der Waals surface area contributed by atoms with Crippen LogP contribution in [0.1, 0.15) is 51.1 Å². The summed E-state index contributed by atoms with van der Waals surface area (Å²) in [6.45, 7) is 4.88. The molecule has 0 aliphatic carbocycles. The third kappa shape index (κ3) is 5.57. The van der Waals surface area contributed by atoms with Crippen LogP contribution in [0.3, 0.4) is 0 Å². The fraction of sp³-hybridized carbons (Fsp3) is 0.643. The summed E-state index contributed by atoms with van der Waals surface area (Å²) in [5, 5.41) is 0. The van der Waals surface area contributed by atoms with Crippen molar-refractivity contribution in [2.75, 3.05) is 12.3 Å². The average Bonchev–Trinajstić information content (AvgIpc) is 2.32. The second kappa shape index (κ2) is 7.93. The number of nitrogens with two attached hydrogens (primary N) is 1. The monoisotopic (exact) mass is 236 g/mol. The van der Waals surface area contributed by atoms with Crippen LogP contribution in [0, 0.1) is 6.92 Å². The van der Waals surface area contributed by atoms with Gasteiger partial charge in [-0.2, -0.15) is 0 Å². The van der Waals surface area contributed by atoms with Gasteiger partial charge in [0, 0.05) is 6.07 Å². The standard InChI is InChI=1S/C14H24N2O/c1-3-4-5-6-7-8-11-17-14-10-9-13(15)12(2)16-14/h9-10H,3-8,11,15H2,1-2H3. The molecular weight excluding hydrogens is 212 g/mol. The lowest BCUT2D eigenvalue weighted by molar-refractivity contribution is 0.293. The summed E-state index contributed by atoms with van der Waals surface area (Å²) in [4.78, 5) is 4.27. The number of aryl methyl sites for hydroxylation is 1. The summed E-state index contributed by atoms with van der Waals surface area (Å²) in [5.74, 6) is 0.685. The molecule has 1 heterocycles. The number of aromatic nitrogens is 1. The van der Waals surface area contributed by atoms with Gasteiger partial charge in [0.2, 0.25) is 5.88 Å². The van der Waals surface area contributed by atoms with E-state index in [0.717, 1.165) is 24.4 Å². The molecule has 1 aromatic heterocycles. The van der Waals surface area contributed by atoms with Crippen LogP contribution in [0.5, 0.6) is 5.88 Å². The molecule has 0 amide bonds. The van der Waals surface area contributed by atoms with E-state index in [1.54, 1.807) is 0 Å². The highest BCUT2D eigenvalue weighted by molar-refractivity contribution is 5.43. The maximum Gasteiger partial charge on any atom is 0.213 e. The first-order valence-electron chi connectivity index (χ1n) is 6.60. The molecule has 0 fully saturated rings. The Kier molecular flexibility index (Phi) is 6.45. The minimum Gasteiger partial charge on any atom is -0.478 e. The van der Waals surface area contributed by atoms with Gasteiger partial charge in [0.1, 0.15) is 0 Å². The number of unbranched alkanes of at least 4 members (excludes halogenated alkanes) is 5. The van der Waals surface area contributed by atoms with Crippen LogP contribution >= 0.6 is 0 Å². The number of anilines is 1. The molecule has 0 saturated heterocycles. The van der Waals surface area contributed by atoms with Gasteiger partial charge in [0.15, 0.2) is 0 Å². The molecule has 3 heteroatoms. The second-order valence-electron chi connectivity index (χ2n) is 4.44. The van der Waals surface area contributed by atoms with Gasteiger partial charge in [-0.3, -0.25) is 0 Å². The van der Waals surface area contributed by atoms with Gasteiger partial charge in [-0.05, 0) is 19.4 Å². The topological polar surface area (TPSA) is 48.1 Å². The Bertz CT molecular complexity index is 326. The van der Waals surface area contributed by atoms with Crippen molar-refractivity contribution in [1.29, 1.82) is 0 Å². The fourth-order valence-corrected chi connectivity index (χ4v) is 1.69. The Morgan fingerprint density at radius 1 is 1.12 bits per heavy atom. The maximum atomic E-state index is 5.69. The summed E-state index contributed by atoms with van der Waals surface area (Å²) in [7, 11) is 0. The molecule has 96 valence electrons. The Labute approximate surface area is 104 Å². The largest absolute Gasteiger partial charge is 0.478 e. The third-order valence-electron chi connectivity index (χ3n) is 2.85. The number of nitrogen functional groups attached to an aromatic ring is 1. The molecule has 3 nitrogen and oxygen atoms in total. The zero-order chi connectivity index (χ0) is 12.5. The minimum absolute atomic E-state index is 0.685. The van der Waals surface area contributed by atoms with Crippen LogP contribution in [0.25, 0.3) is 0 Å². The first-order chi connectivity index (χ1) is 8.24. The molecule has 0 aromatic carbocycles. The van der Waals surface area contributed by atoms with Crippen molar-refractivity contribution in [2.45, 2.75) is 52.4 Å². The molecule has 0 bridgehead atoms. The van der Waals surface area contributed by atoms with Gasteiger partial charge in [0.25, 0.3) is 0 Å². The first-order valence-corrected chi connectivity index (χ1v) is 6.60. The van der Waals surface area contributed by atoms with Gasteiger partial charge < -0.3 is 10.5 Å². The van der Waals surface area contributed by atoms with E-state index in [9.17, 15) is 0 Å². The van der Waals surface area contributed by atoms with Gasteiger partial charge in [-0.25, -0.2) is 4.98 Å². The first kappa shape index (κ1) is 13.8. The number of ether oxygens (including phenoxy) is 1. The number of pyridine rings is 1. The number of nitrogens with zero attached hydrogens (tertiary/aromatic N) is 1. The Hall–Kier alpha value is -1.25. The van der Waals surface area contributed by atoms with Crippen LogP contribution in [0.2, 0.25) is 0 Å². The van der Waals surface area contributed by atoms with Crippen molar-refractivity contribution < 1.29 is 4.74 Å². The van der Waals surface area contributed by atoms with E-state index in [1.165, 1.54) is 32.1 Å². The lowest BCUT2D eigenvalue weighted by Crippen LogP contribution is -2.01. The minimum atomic E-state index is 0.685. The molecular formula is C14H24N2O. The van der Waals surface area contributed by atoms with E-state index in [1.807, 2.05) is 19.1 Å². The number of hydrogen-bond donors (Lipinski definition) is 1. The summed E-state index contributed by atoms with van der Waals surface area (Å²) in [6.07, 6.45) is 7.65. The smallest absolute Gasteiger partial charge is 0.213 e. The molecule has 0 spiro atoms. The molecule has 0 saturated carbocycles. The maximum absolute atomic E-state index is 5.69. The normalized spacial score (nSPS) is 10.5. The predicted molar refractivity (Wildman–Crippen MR) is 72.3 cm³/mol. The molecule has 1 aromatic rings. The molecule has 17 heavy (non-hydrogen) atoms. The van der Waals surface area contributed by atoms with Crippen LogP contribution in [-0.2, 0) is 0 Å². The van der Waals surface area contributed by atoms with Crippen molar-refractivity contribution in [3.05, 3.63) is 17.8 Å². The van der Waals surface area contributed by atoms with Gasteiger partial charge in [-0.1, -0.05) is 39.0 Å². The molecule has 0 aliphatic heterocycles. The third-order valence-corrected chi connectivity index (χ3v) is 2.85. The SMILES string of the molecule is CCCCCCCCOc1ccc(N)c(C)n1. The number of hydrogen-bond acceptors (Lipinski definition) is 3. The van der Waals surface area contributed by atoms with Crippen LogP contribution in [0.15, 0.2) is 12.1 Å². The van der Waals surface area contributed by atoms with Crippen LogP contribution in [0.4, 0.5) is 5.69 Å². The highest BCUT2D eigenvalue weighted by atomic mass is 16.5. The lowest BCUT2D eigenvalue weighted by atomic mass is 10.1. The van der Waals surface area contributed by atoms with E-state index in [2.05, 4.69) is 11.9 Å². The van der Waals surface area contributed by atoms with Gasteiger partial charge in [-0.15, -0.1) is 0 Å². The predicted octanol–water partition coefficient (Wildman–Crippen LogP) is 3.71. The van der Waals surface area contributed by atoms with Crippen molar-refractivity contribution in [1.82, 2.24) is 4.98 Å². The average molecular weight is 236 g/mol. The van der Waals surface area contributed by atoms with Crippen LogP contribution < -0.4 is 10.5 Å². The summed E-state index contributed by atoms with van der Waals surface area (Å²) >= 11 is 0. The highest BCUT2D eigenvalue weighted by Crippen LogP contribution is 2.14. The molecule has 2 N–H and O–H groups in total. The summed E-state index contributed by atoms with van der Waals surface area (Å²) in [5.41, 5.74) is 7.25. The summed E-state index contributed by atoms with van der Waals surface area (Å²) in [6, 6.07) is 3.68. The number of rotatable bonds is 8. The summed E-state index contributed by atoms with van der Waals surface area (Å²) < 4.78 is 5.58. The zero-order valence-electron chi connectivity index (χ0n) is 11.0. The fourth-order valence-electron chi connectivity index (χ4n) is 1.69. The Morgan fingerprint density at radius 2 is 1.82 bits per heavy atom. The Morgan fingerprint density at radius 3 is 2.53 bits per heavy atom. The highest BCUT2D eigenvalue weighted by Gasteiger charge is 1.99. The van der Waals surface area contributed by atoms with E-state index in [-0.39, 0.29) is 0 Å². The lowest BCUT2D eigenvalue weighted by Gasteiger charge is -2.06. The molecule has 0 aliphatic rings. The van der Waals surface area contributed by atoms with Crippen LogP contribution in [-0.4, -0.2) is 11.6 Å². The molecule has 0 radical (unpaired) electrons. The van der Waals surface area contributed by atoms with E-state index < -0.39 is 0 Å². The molecule has 0 atom stereocenters. The van der Waals surface area contributed by atoms with E-state index in [4.69, 9.17) is 10.5 Å². The zero-order valence-corrected chi connectivity index (χ0v) is 11.0. The van der Waals surface area contributed by atoms with Crippen molar-refractivity contribution in [3.8, 4) is 5.88 Å². The van der Waals surface area contributed by atoms with Crippen molar-refractivity contribution in [2.24, 2.45) is 0 Å².